The van der Waals surface area contributed by atoms with Gasteiger partial charge in [0.05, 0.1) is 10.5 Å². The van der Waals surface area contributed by atoms with Crippen LogP contribution in [-0.4, -0.2) is 36.1 Å². The number of hydrogen-bond donors (Lipinski definition) is 1. The molecular weight excluding hydrogens is 356 g/mol. The summed E-state index contributed by atoms with van der Waals surface area (Å²) in [6.45, 7) is 2.22. The molecule has 2 aromatic rings. The first-order valence-corrected chi connectivity index (χ1v) is 8.10. The number of nitro groups is 1. The Hall–Kier alpha value is -3.62. The monoisotopic (exact) mass is 372 g/mol. The Bertz CT molecular complexity index is 897. The first kappa shape index (κ1) is 18.2. The topological polar surface area (TPSA) is 117 Å². The number of non-ortho nitro benzene ring substituents is 1. The van der Waals surface area contributed by atoms with Crippen molar-refractivity contribution in [3.05, 3.63) is 58.1 Å². The fourth-order valence-corrected chi connectivity index (χ4v) is 2.39. The highest BCUT2D eigenvalue weighted by molar-refractivity contribution is 5.97. The van der Waals surface area contributed by atoms with Crippen LogP contribution in [0.3, 0.4) is 0 Å². The maximum Gasteiger partial charge on any atom is 0.339 e. The molecule has 0 radical (unpaired) electrons. The molecule has 0 spiro atoms. The van der Waals surface area contributed by atoms with Gasteiger partial charge in [-0.15, -0.1) is 0 Å². The lowest BCUT2D eigenvalue weighted by Crippen LogP contribution is -2.30. The fourth-order valence-electron chi connectivity index (χ4n) is 2.39. The summed E-state index contributed by atoms with van der Waals surface area (Å²) >= 11 is 0. The molecule has 1 aliphatic rings. The first-order valence-electron chi connectivity index (χ1n) is 8.10. The van der Waals surface area contributed by atoms with Crippen LogP contribution in [0.2, 0.25) is 0 Å². The number of nitrogens with zero attached hydrogens (tertiary/aromatic N) is 1. The third-order valence-corrected chi connectivity index (χ3v) is 3.76. The van der Waals surface area contributed by atoms with Gasteiger partial charge in [-0.3, -0.25) is 14.9 Å². The van der Waals surface area contributed by atoms with Gasteiger partial charge in [-0.2, -0.15) is 0 Å². The summed E-state index contributed by atoms with van der Waals surface area (Å²) < 4.78 is 15.9. The molecule has 0 unspecified atom stereocenters. The molecule has 140 valence electrons. The summed E-state index contributed by atoms with van der Waals surface area (Å²) in [6.07, 6.45) is -1.11. The molecule has 3 rings (SSSR count). The van der Waals surface area contributed by atoms with Crippen molar-refractivity contribution in [2.24, 2.45) is 0 Å². The van der Waals surface area contributed by atoms with Crippen LogP contribution in [-0.2, 0) is 9.53 Å². The predicted octanol–water partition coefficient (Wildman–Crippen LogP) is 2.55. The van der Waals surface area contributed by atoms with Crippen LogP contribution in [0.25, 0.3) is 0 Å². The third kappa shape index (κ3) is 4.32. The Morgan fingerprint density at radius 2 is 1.89 bits per heavy atom. The number of nitro benzene ring substituents is 1. The predicted molar refractivity (Wildman–Crippen MR) is 94.0 cm³/mol. The van der Waals surface area contributed by atoms with E-state index in [-0.39, 0.29) is 16.9 Å². The van der Waals surface area contributed by atoms with Gasteiger partial charge in [0.15, 0.2) is 17.6 Å². The Morgan fingerprint density at radius 1 is 1.15 bits per heavy atom. The second-order valence-electron chi connectivity index (χ2n) is 5.70. The second-order valence-corrected chi connectivity index (χ2v) is 5.70. The minimum atomic E-state index is -1.11. The van der Waals surface area contributed by atoms with Gasteiger partial charge < -0.3 is 19.5 Å². The number of amides is 1. The van der Waals surface area contributed by atoms with Crippen molar-refractivity contribution in [2.45, 2.75) is 13.0 Å². The van der Waals surface area contributed by atoms with Crippen molar-refractivity contribution >= 4 is 23.3 Å². The number of hydrogen-bond acceptors (Lipinski definition) is 7. The van der Waals surface area contributed by atoms with Crippen molar-refractivity contribution in [3.63, 3.8) is 0 Å². The Morgan fingerprint density at radius 3 is 2.63 bits per heavy atom. The van der Waals surface area contributed by atoms with E-state index in [9.17, 15) is 19.7 Å². The number of anilines is 1. The Kier molecular flexibility index (Phi) is 5.20. The summed E-state index contributed by atoms with van der Waals surface area (Å²) in [5.74, 6) is -0.339. The van der Waals surface area contributed by atoms with Crippen molar-refractivity contribution < 1.29 is 28.7 Å². The van der Waals surface area contributed by atoms with E-state index in [1.54, 1.807) is 6.07 Å². The number of nitrogens with one attached hydrogen (secondary N) is 1. The van der Waals surface area contributed by atoms with Gasteiger partial charge in [-0.1, -0.05) is 6.07 Å². The van der Waals surface area contributed by atoms with E-state index < -0.39 is 22.9 Å². The average molecular weight is 372 g/mol. The van der Waals surface area contributed by atoms with Gasteiger partial charge in [0.2, 0.25) is 0 Å². The molecule has 0 saturated heterocycles. The smallest absolute Gasteiger partial charge is 0.339 e. The molecule has 0 aliphatic carbocycles. The minimum Gasteiger partial charge on any atom is -0.486 e. The van der Waals surface area contributed by atoms with E-state index in [4.69, 9.17) is 14.2 Å². The highest BCUT2D eigenvalue weighted by Gasteiger charge is 2.21. The van der Waals surface area contributed by atoms with E-state index >= 15 is 0 Å². The van der Waals surface area contributed by atoms with Crippen molar-refractivity contribution in [2.75, 3.05) is 18.5 Å². The molecule has 1 heterocycles. The van der Waals surface area contributed by atoms with E-state index in [1.165, 1.54) is 43.3 Å². The first-order chi connectivity index (χ1) is 12.9. The van der Waals surface area contributed by atoms with Crippen LogP contribution in [0, 0.1) is 10.1 Å². The van der Waals surface area contributed by atoms with E-state index in [0.717, 1.165) is 0 Å². The molecule has 0 aromatic heterocycles. The van der Waals surface area contributed by atoms with Crippen LogP contribution < -0.4 is 14.8 Å². The Balaban J connectivity index is 1.63. The molecule has 1 amide bonds. The molecule has 0 saturated carbocycles. The van der Waals surface area contributed by atoms with Crippen LogP contribution >= 0.6 is 0 Å². The van der Waals surface area contributed by atoms with E-state index in [2.05, 4.69) is 5.32 Å². The maximum atomic E-state index is 12.3. The number of carbonyl (C=O) groups excluding carboxylic acids is 2. The summed E-state index contributed by atoms with van der Waals surface area (Å²) in [6, 6.07) is 10.1. The molecule has 0 bridgehead atoms. The molecule has 27 heavy (non-hydrogen) atoms. The summed E-state index contributed by atoms with van der Waals surface area (Å²) in [5.41, 5.74) is 0.291. The fraction of sp³-hybridized carbons (Fsp3) is 0.222. The number of fused-ring (bicyclic) bond motifs is 1. The SMILES string of the molecule is C[C@@H](OC(=O)c1ccc2c(c1)OCCO2)C(=O)Nc1cccc([N+](=O)[O-])c1. The lowest BCUT2D eigenvalue weighted by molar-refractivity contribution is -0.384. The highest BCUT2D eigenvalue weighted by atomic mass is 16.6. The molecular formula is C18H16N2O7. The van der Waals surface area contributed by atoms with Gasteiger partial charge in [0, 0.05) is 17.8 Å². The molecule has 9 heteroatoms. The second kappa shape index (κ2) is 7.73. The lowest BCUT2D eigenvalue weighted by atomic mass is 10.2. The standard InChI is InChI=1S/C18H16N2O7/c1-11(17(21)19-13-3-2-4-14(10-13)20(23)24)27-18(22)12-5-6-15-16(9-12)26-8-7-25-15/h2-6,9-11H,7-8H2,1H3,(H,19,21)/t11-/m1/s1. The molecule has 9 nitrogen and oxygen atoms in total. The van der Waals surface area contributed by atoms with Crippen LogP contribution in [0.1, 0.15) is 17.3 Å². The van der Waals surface area contributed by atoms with Crippen molar-refractivity contribution in [3.8, 4) is 11.5 Å². The van der Waals surface area contributed by atoms with Gasteiger partial charge in [-0.25, -0.2) is 4.79 Å². The zero-order valence-corrected chi connectivity index (χ0v) is 14.3. The van der Waals surface area contributed by atoms with Gasteiger partial charge in [0.25, 0.3) is 11.6 Å². The van der Waals surface area contributed by atoms with Crippen LogP contribution in [0.15, 0.2) is 42.5 Å². The van der Waals surface area contributed by atoms with Gasteiger partial charge >= 0.3 is 5.97 Å². The molecule has 0 fully saturated rings. The molecule has 2 aromatic carbocycles. The van der Waals surface area contributed by atoms with Crippen molar-refractivity contribution in [1.29, 1.82) is 0 Å². The lowest BCUT2D eigenvalue weighted by Gasteiger charge is -2.19. The summed E-state index contributed by atoms with van der Waals surface area (Å²) in [5, 5.41) is 13.3. The number of benzene rings is 2. The van der Waals surface area contributed by atoms with E-state index in [1.807, 2.05) is 0 Å². The average Bonchev–Trinajstić information content (AvgIpc) is 2.67. The zero-order valence-electron chi connectivity index (χ0n) is 14.3. The summed E-state index contributed by atoms with van der Waals surface area (Å²) in [4.78, 5) is 34.7. The van der Waals surface area contributed by atoms with Crippen LogP contribution in [0.5, 0.6) is 11.5 Å². The van der Waals surface area contributed by atoms with Gasteiger partial charge in [-0.05, 0) is 31.2 Å². The number of ether oxygens (including phenoxy) is 3. The molecule has 1 atom stereocenters. The van der Waals surface area contributed by atoms with Gasteiger partial charge in [0.1, 0.15) is 13.2 Å². The largest absolute Gasteiger partial charge is 0.486 e. The zero-order chi connectivity index (χ0) is 19.4. The maximum absolute atomic E-state index is 12.3. The molecule has 1 aliphatic heterocycles. The number of esters is 1. The minimum absolute atomic E-state index is 0.159. The Labute approximate surface area is 154 Å². The number of rotatable bonds is 5. The van der Waals surface area contributed by atoms with Crippen molar-refractivity contribution in [1.82, 2.24) is 0 Å². The summed E-state index contributed by atoms with van der Waals surface area (Å²) in [7, 11) is 0. The molecule has 1 N–H and O–H groups in total. The quantitative estimate of drug-likeness (QED) is 0.487. The third-order valence-electron chi connectivity index (χ3n) is 3.76. The number of carbonyl (C=O) groups is 2. The van der Waals surface area contributed by atoms with Crippen LogP contribution in [0.4, 0.5) is 11.4 Å². The highest BCUT2D eigenvalue weighted by Crippen LogP contribution is 2.31. The normalized spacial score (nSPS) is 13.4. The van der Waals surface area contributed by atoms with E-state index in [0.29, 0.717) is 24.7 Å².